The molecule has 26 heavy (non-hydrogen) atoms. The predicted octanol–water partition coefficient (Wildman–Crippen LogP) is 3.82. The predicted molar refractivity (Wildman–Crippen MR) is 98.8 cm³/mol. The van der Waals surface area contributed by atoms with Crippen LogP contribution in [0.4, 0.5) is 5.69 Å². The summed E-state index contributed by atoms with van der Waals surface area (Å²) in [5, 5.41) is 31.5. The molecule has 7 nitrogen and oxygen atoms in total. The van der Waals surface area contributed by atoms with E-state index >= 15 is 0 Å². The van der Waals surface area contributed by atoms with E-state index in [1.54, 1.807) is 31.2 Å². The quantitative estimate of drug-likeness (QED) is 0.326. The maximum atomic E-state index is 12.2. The van der Waals surface area contributed by atoms with Crippen LogP contribution in [0.3, 0.4) is 0 Å². The third-order valence-electron chi connectivity index (χ3n) is 3.77. The summed E-state index contributed by atoms with van der Waals surface area (Å²) in [5.74, 6) is -0.464. The van der Waals surface area contributed by atoms with Crippen LogP contribution in [0.5, 0.6) is 0 Å². The van der Waals surface area contributed by atoms with Crippen LogP contribution in [0.25, 0.3) is 21.4 Å². The molecule has 2 aromatic carbocycles. The SMILES string of the molecule is Cc1ccc(/C(O)=C(\C#N)c2nc(=O)c3ccccc3s2)cc1[N+](=O)[O-]. The highest BCUT2D eigenvalue weighted by molar-refractivity contribution is 7.19. The molecular weight excluding hydrogens is 354 g/mol. The number of hydrogen-bond donors (Lipinski definition) is 1. The molecular formula is C18H11N3O4S. The number of allylic oxidation sites excluding steroid dienone is 1. The van der Waals surface area contributed by atoms with E-state index in [-0.39, 0.29) is 21.8 Å². The lowest BCUT2D eigenvalue weighted by Crippen LogP contribution is -2.07. The van der Waals surface area contributed by atoms with Gasteiger partial charge in [-0.1, -0.05) is 24.3 Å². The number of rotatable bonds is 3. The van der Waals surface area contributed by atoms with Crippen molar-refractivity contribution in [1.82, 2.24) is 4.98 Å². The van der Waals surface area contributed by atoms with Gasteiger partial charge in [-0.2, -0.15) is 10.2 Å². The Kier molecular flexibility index (Phi) is 4.47. The van der Waals surface area contributed by atoms with E-state index < -0.39 is 16.2 Å². The Labute approximate surface area is 151 Å². The number of aliphatic hydroxyl groups is 1. The van der Waals surface area contributed by atoms with Gasteiger partial charge < -0.3 is 5.11 Å². The van der Waals surface area contributed by atoms with Gasteiger partial charge in [0.25, 0.3) is 11.2 Å². The van der Waals surface area contributed by atoms with Crippen molar-refractivity contribution in [3.8, 4) is 6.07 Å². The molecule has 0 amide bonds. The second-order valence-electron chi connectivity index (χ2n) is 5.41. The number of nitriles is 1. The molecule has 1 heterocycles. The van der Waals surface area contributed by atoms with Crippen LogP contribution in [0.1, 0.15) is 16.1 Å². The number of aromatic nitrogens is 1. The number of nitro benzene ring substituents is 1. The Morgan fingerprint density at radius 3 is 2.73 bits per heavy atom. The van der Waals surface area contributed by atoms with Gasteiger partial charge in [-0.3, -0.25) is 14.9 Å². The van der Waals surface area contributed by atoms with E-state index in [9.17, 15) is 25.3 Å². The lowest BCUT2D eigenvalue weighted by molar-refractivity contribution is -0.385. The molecule has 128 valence electrons. The minimum absolute atomic E-state index is 0.0527. The zero-order valence-electron chi connectivity index (χ0n) is 13.5. The number of hydrogen-bond acceptors (Lipinski definition) is 7. The largest absolute Gasteiger partial charge is 0.506 e. The van der Waals surface area contributed by atoms with Gasteiger partial charge in [0.2, 0.25) is 0 Å². The highest BCUT2D eigenvalue weighted by Crippen LogP contribution is 2.30. The summed E-state index contributed by atoms with van der Waals surface area (Å²) in [6.45, 7) is 1.57. The Bertz CT molecular complexity index is 1180. The molecule has 8 heteroatoms. The van der Waals surface area contributed by atoms with Gasteiger partial charge in [0, 0.05) is 21.9 Å². The summed E-state index contributed by atoms with van der Waals surface area (Å²) in [4.78, 5) is 26.6. The number of benzene rings is 2. The first kappa shape index (κ1) is 17.3. The Morgan fingerprint density at radius 1 is 1.31 bits per heavy atom. The maximum Gasteiger partial charge on any atom is 0.279 e. The number of fused-ring (bicyclic) bond motifs is 1. The molecule has 0 saturated heterocycles. The van der Waals surface area contributed by atoms with Crippen molar-refractivity contribution in [3.63, 3.8) is 0 Å². The van der Waals surface area contributed by atoms with Gasteiger partial charge in [-0.15, -0.1) is 11.3 Å². The van der Waals surface area contributed by atoms with Gasteiger partial charge in [0.15, 0.2) is 0 Å². The van der Waals surface area contributed by atoms with Crippen molar-refractivity contribution in [1.29, 1.82) is 5.26 Å². The molecule has 0 aliphatic heterocycles. The lowest BCUT2D eigenvalue weighted by atomic mass is 10.1. The van der Waals surface area contributed by atoms with E-state index in [4.69, 9.17) is 0 Å². The molecule has 1 N–H and O–H groups in total. The van der Waals surface area contributed by atoms with Crippen LogP contribution >= 0.6 is 11.3 Å². The Balaban J connectivity index is 2.22. The molecule has 0 saturated carbocycles. The van der Waals surface area contributed by atoms with Crippen LogP contribution in [0.15, 0.2) is 47.3 Å². The van der Waals surface area contributed by atoms with Crippen LogP contribution in [0.2, 0.25) is 0 Å². The van der Waals surface area contributed by atoms with Gasteiger partial charge in [0.1, 0.15) is 22.4 Å². The van der Waals surface area contributed by atoms with Crippen molar-refractivity contribution in [2.75, 3.05) is 0 Å². The molecule has 0 spiro atoms. The van der Waals surface area contributed by atoms with Gasteiger partial charge in [0.05, 0.1) is 10.3 Å². The first-order chi connectivity index (χ1) is 12.4. The minimum Gasteiger partial charge on any atom is -0.506 e. The second-order valence-corrected chi connectivity index (χ2v) is 6.44. The molecule has 0 aliphatic rings. The zero-order valence-corrected chi connectivity index (χ0v) is 14.3. The van der Waals surface area contributed by atoms with Crippen molar-refractivity contribution < 1.29 is 10.0 Å². The molecule has 3 rings (SSSR count). The van der Waals surface area contributed by atoms with Crippen LogP contribution in [-0.4, -0.2) is 15.0 Å². The van der Waals surface area contributed by atoms with Crippen molar-refractivity contribution in [2.24, 2.45) is 0 Å². The van der Waals surface area contributed by atoms with Crippen LogP contribution in [0, 0.1) is 28.4 Å². The topological polar surface area (TPSA) is 117 Å². The molecule has 1 aromatic heterocycles. The molecule has 0 radical (unpaired) electrons. The fraction of sp³-hybridized carbons (Fsp3) is 0.0556. The summed E-state index contributed by atoms with van der Waals surface area (Å²) >= 11 is 1.08. The monoisotopic (exact) mass is 365 g/mol. The summed E-state index contributed by atoms with van der Waals surface area (Å²) < 4.78 is 0.623. The van der Waals surface area contributed by atoms with E-state index in [2.05, 4.69) is 4.98 Å². The van der Waals surface area contributed by atoms with Crippen molar-refractivity contribution in [2.45, 2.75) is 6.92 Å². The molecule has 0 atom stereocenters. The highest BCUT2D eigenvalue weighted by atomic mass is 32.1. The first-order valence-electron chi connectivity index (χ1n) is 7.41. The van der Waals surface area contributed by atoms with E-state index in [0.29, 0.717) is 15.6 Å². The fourth-order valence-corrected chi connectivity index (χ4v) is 3.41. The molecule has 0 unspecified atom stereocenters. The smallest absolute Gasteiger partial charge is 0.279 e. The summed E-state index contributed by atoms with van der Waals surface area (Å²) in [6, 6.07) is 12.8. The molecule has 0 aliphatic carbocycles. The number of nitrogens with zero attached hydrogens (tertiary/aromatic N) is 3. The fourth-order valence-electron chi connectivity index (χ4n) is 2.42. The summed E-state index contributed by atoms with van der Waals surface area (Å²) in [5.41, 5.74) is -0.362. The third kappa shape index (κ3) is 3.03. The highest BCUT2D eigenvalue weighted by Gasteiger charge is 2.18. The summed E-state index contributed by atoms with van der Waals surface area (Å²) in [7, 11) is 0. The van der Waals surface area contributed by atoms with Gasteiger partial charge >= 0.3 is 0 Å². The molecule has 0 bridgehead atoms. The molecule has 3 aromatic rings. The van der Waals surface area contributed by atoms with E-state index in [1.165, 1.54) is 18.2 Å². The Morgan fingerprint density at radius 2 is 2.04 bits per heavy atom. The maximum absolute atomic E-state index is 12.2. The average molecular weight is 365 g/mol. The van der Waals surface area contributed by atoms with Crippen LogP contribution in [-0.2, 0) is 0 Å². The molecule has 0 fully saturated rings. The summed E-state index contributed by atoms with van der Waals surface area (Å²) in [6.07, 6.45) is 0. The first-order valence-corrected chi connectivity index (χ1v) is 8.23. The lowest BCUT2D eigenvalue weighted by Gasteiger charge is -2.06. The normalized spacial score (nSPS) is 11.7. The standard InChI is InChI=1S/C18H11N3O4S/c1-10-6-7-11(8-14(10)21(24)25)16(22)13(9-19)18-20-17(23)12-4-2-3-5-15(12)26-18/h2-8,22H,1H3/b16-13-. The Hall–Kier alpha value is -3.57. The van der Waals surface area contributed by atoms with Gasteiger partial charge in [-0.05, 0) is 19.1 Å². The van der Waals surface area contributed by atoms with Gasteiger partial charge in [-0.25, -0.2) is 0 Å². The number of nitro groups is 1. The minimum atomic E-state index is -0.565. The van der Waals surface area contributed by atoms with Crippen LogP contribution < -0.4 is 5.56 Å². The third-order valence-corrected chi connectivity index (χ3v) is 4.83. The zero-order chi connectivity index (χ0) is 18.8. The van der Waals surface area contributed by atoms with E-state index in [0.717, 1.165) is 11.3 Å². The second kappa shape index (κ2) is 6.74. The van der Waals surface area contributed by atoms with E-state index in [1.807, 2.05) is 6.07 Å². The number of aliphatic hydroxyl groups excluding tert-OH is 1. The number of aryl methyl sites for hydroxylation is 1. The van der Waals surface area contributed by atoms with Crippen molar-refractivity contribution >= 4 is 38.4 Å². The van der Waals surface area contributed by atoms with Crippen molar-refractivity contribution in [3.05, 3.63) is 79.1 Å². The average Bonchev–Trinajstić information content (AvgIpc) is 2.62.